The Morgan fingerprint density at radius 2 is 1.25 bits per heavy atom. The van der Waals surface area contributed by atoms with Crippen LogP contribution in [0.4, 0.5) is 0 Å². The fourth-order valence-corrected chi connectivity index (χ4v) is 0. The van der Waals surface area contributed by atoms with E-state index in [1.54, 1.807) is 0 Å². The molecule has 0 rings (SSSR count). The fourth-order valence-electron chi connectivity index (χ4n) is 0. The van der Waals surface area contributed by atoms with Crippen molar-refractivity contribution < 1.29 is 4.65 Å². The van der Waals surface area contributed by atoms with Crippen molar-refractivity contribution in [1.82, 2.24) is 0 Å². The Balaban J connectivity index is 0. The van der Waals surface area contributed by atoms with Crippen LogP contribution in [0, 0.1) is 6.65 Å². The molecule has 0 aliphatic carbocycles. The third-order valence-electron chi connectivity index (χ3n) is 0. The first kappa shape index (κ1) is 9.12. The Kier molecular flexibility index (Phi) is 1350. The molecule has 0 spiro atoms. The van der Waals surface area contributed by atoms with Gasteiger partial charge in [-0.15, -0.1) is 0 Å². The molecule has 0 atom stereocenters. The van der Waals surface area contributed by atoms with E-state index in [1.807, 2.05) is 15.5 Å². The summed E-state index contributed by atoms with van der Waals surface area (Å²) in [4.78, 5) is 0. The predicted molar refractivity (Wildman–Crippen MR) is 21.0 cm³/mol. The first-order valence-electron chi connectivity index (χ1n) is 1.20. The molecule has 20 valence electrons. The van der Waals surface area contributed by atoms with Crippen molar-refractivity contribution >= 4 is 15.5 Å². The summed E-state index contributed by atoms with van der Waals surface area (Å²) < 4.78 is 7.50. The van der Waals surface area contributed by atoms with Crippen molar-refractivity contribution in [2.75, 3.05) is 0 Å². The van der Waals surface area contributed by atoms with E-state index >= 15 is 0 Å². The van der Waals surface area contributed by atoms with Crippen molar-refractivity contribution in [1.29, 1.82) is 0 Å². The van der Waals surface area contributed by atoms with Gasteiger partial charge in [0.2, 0.25) is 0 Å². The van der Waals surface area contributed by atoms with Gasteiger partial charge in [-0.25, -0.2) is 0 Å². The summed E-state index contributed by atoms with van der Waals surface area (Å²) in [5, 5.41) is 0. The topological polar surface area (TPSA) is 19.9 Å². The van der Waals surface area contributed by atoms with E-state index in [9.17, 15) is 0 Å². The molecular formula is CH4B2O. The zero-order chi connectivity index (χ0) is 4.00. The zero-order valence-corrected chi connectivity index (χ0v) is 2.91. The average molecular weight is 53.7 g/mol. The Morgan fingerprint density at radius 1 is 1.25 bits per heavy atom. The van der Waals surface area contributed by atoms with Gasteiger partial charge in [-0.2, -0.15) is 0 Å². The van der Waals surface area contributed by atoms with Gasteiger partial charge < -0.3 is 0 Å². The van der Waals surface area contributed by atoms with Crippen LogP contribution in [0.25, 0.3) is 0 Å². The molecule has 1 nitrogen and oxygen atoms in total. The van der Waals surface area contributed by atoms with Crippen LogP contribution in [-0.2, 0) is 4.65 Å². The molecule has 0 aromatic carbocycles. The van der Waals surface area contributed by atoms with Crippen molar-refractivity contribution in [2.45, 2.75) is 0 Å². The van der Waals surface area contributed by atoms with Crippen molar-refractivity contribution in [3.05, 3.63) is 6.65 Å². The molecule has 0 radical (unpaired) electrons. The monoisotopic (exact) mass is 54.0 g/mol. The van der Waals surface area contributed by atoms with Gasteiger partial charge in [0.1, 0.15) is 0 Å². The molecule has 0 bridgehead atoms. The molecule has 4 heavy (non-hydrogen) atoms. The van der Waals surface area contributed by atoms with E-state index in [1.165, 1.54) is 0 Å². The summed E-state index contributed by atoms with van der Waals surface area (Å²) in [7, 11) is 4.00. The van der Waals surface area contributed by atoms with Crippen LogP contribution >= 0.6 is 0 Å². The minimum atomic E-state index is 2.00. The quantitative estimate of drug-likeness (QED) is 0.175. The van der Waals surface area contributed by atoms with Crippen LogP contribution in [0.2, 0.25) is 0 Å². The molecule has 0 aromatic heterocycles. The van der Waals surface area contributed by atoms with Gasteiger partial charge in [0.05, 0.1) is 15.5 Å². The van der Waals surface area contributed by atoms with E-state index in [-0.39, 0.29) is 0 Å². The molecule has 0 aromatic rings. The van der Waals surface area contributed by atoms with Crippen molar-refractivity contribution in [2.24, 2.45) is 0 Å². The van der Waals surface area contributed by atoms with Gasteiger partial charge >= 0.3 is 11.3 Å². The van der Waals surface area contributed by atoms with Gasteiger partial charge in [-0.05, 0) is 0 Å². The standard InChI is InChI=1S/CO.B2H4/c2*1-2/h;1-2H2. The third-order valence-corrected chi connectivity index (χ3v) is 0. The Labute approximate surface area is 27.9 Å². The molecular weight excluding hydrogens is 49.6 g/mol. The second-order valence-corrected chi connectivity index (χ2v) is 0. The third kappa shape index (κ3) is 83.6. The van der Waals surface area contributed by atoms with Crippen LogP contribution in [-0.4, -0.2) is 15.5 Å². The maximum atomic E-state index is 7.50. The van der Waals surface area contributed by atoms with Gasteiger partial charge in [-0.3, -0.25) is 0 Å². The Hall–Kier alpha value is -0.130. The summed E-state index contributed by atoms with van der Waals surface area (Å²) in [5.74, 6) is 0. The Morgan fingerprint density at radius 3 is 1.25 bits per heavy atom. The van der Waals surface area contributed by atoms with Crippen molar-refractivity contribution in [3.63, 3.8) is 0 Å². The maximum absolute atomic E-state index is 7.50. The van der Waals surface area contributed by atoms with E-state index in [0.29, 0.717) is 0 Å². The fraction of sp³-hybridized carbons (Fsp3) is 0. The summed E-state index contributed by atoms with van der Waals surface area (Å²) in [6.07, 6.45) is 0. The normalized spacial score (nSPS) is 1.50. The van der Waals surface area contributed by atoms with Crippen LogP contribution in [0.1, 0.15) is 0 Å². The molecule has 3 heteroatoms. The molecule has 0 saturated carbocycles. The summed E-state index contributed by atoms with van der Waals surface area (Å²) in [5.41, 5.74) is 0. The molecule has 0 aliphatic rings. The first-order valence-corrected chi connectivity index (χ1v) is 1.20. The second-order valence-electron chi connectivity index (χ2n) is 0. The van der Waals surface area contributed by atoms with Crippen LogP contribution in [0.15, 0.2) is 0 Å². The molecule has 0 unspecified atom stereocenters. The average Bonchev–Trinajstić information content (AvgIpc) is 1.50. The molecule has 0 heterocycles. The van der Waals surface area contributed by atoms with E-state index < -0.39 is 0 Å². The van der Waals surface area contributed by atoms with E-state index in [0.717, 1.165) is 0 Å². The first-order chi connectivity index (χ1) is 2.00. The SMILES string of the molecule is BB.[C-]#[O+]. The number of hydrogen-bond acceptors (Lipinski definition) is 0. The van der Waals surface area contributed by atoms with Gasteiger partial charge in [0.15, 0.2) is 0 Å². The van der Waals surface area contributed by atoms with Crippen LogP contribution in [0.5, 0.6) is 0 Å². The van der Waals surface area contributed by atoms with E-state index in [2.05, 4.69) is 6.65 Å². The summed E-state index contributed by atoms with van der Waals surface area (Å²) in [6.45, 7) is 4.50. The number of rotatable bonds is 0. The number of hydrogen-bond donors (Lipinski definition) is 0. The van der Waals surface area contributed by atoms with Crippen molar-refractivity contribution in [3.8, 4) is 0 Å². The van der Waals surface area contributed by atoms with Gasteiger partial charge in [-0.1, -0.05) is 0 Å². The van der Waals surface area contributed by atoms with Crippen LogP contribution < -0.4 is 0 Å². The summed E-state index contributed by atoms with van der Waals surface area (Å²) >= 11 is 0. The second kappa shape index (κ2) is 593. The summed E-state index contributed by atoms with van der Waals surface area (Å²) in [6, 6.07) is 0. The zero-order valence-electron chi connectivity index (χ0n) is 2.91. The molecule has 0 saturated heterocycles. The molecule has 0 aliphatic heterocycles. The van der Waals surface area contributed by atoms with E-state index in [4.69, 9.17) is 4.65 Å². The van der Waals surface area contributed by atoms with Crippen LogP contribution in [0.3, 0.4) is 0 Å². The molecule has 0 amide bonds. The molecule has 0 N–H and O–H groups in total. The van der Waals surface area contributed by atoms with Gasteiger partial charge in [0, 0.05) is 0 Å². The van der Waals surface area contributed by atoms with Gasteiger partial charge in [0.25, 0.3) is 0 Å². The predicted octanol–water partition coefficient (Wildman–Crippen LogP) is -1.87. The Bertz CT molecular complexity index is 10.8. The minimum absolute atomic E-state index is 2.00. The molecule has 0 fully saturated rings.